The highest BCUT2D eigenvalue weighted by Gasteiger charge is 2.42. The standard InChI is InChI=1S/C11H10Cl2N2O2S2/c12-6-2-1-3-7(13)10(6)15-11-14-8-4-19(16,17)5-9(8)18-11/h1-3,8-9H,4-5H2,(H,14,15)/t8-,9+/m1/s1. The lowest BCUT2D eigenvalue weighted by molar-refractivity contribution is 0.601. The second-order valence-electron chi connectivity index (χ2n) is 4.46. The lowest BCUT2D eigenvalue weighted by Crippen LogP contribution is -2.13. The highest BCUT2D eigenvalue weighted by Crippen LogP contribution is 2.37. The molecule has 1 aromatic carbocycles. The molecule has 2 atom stereocenters. The summed E-state index contributed by atoms with van der Waals surface area (Å²) in [6, 6.07) is 5.09. The van der Waals surface area contributed by atoms with Gasteiger partial charge in [0.15, 0.2) is 15.0 Å². The second-order valence-corrected chi connectivity index (χ2v) is 8.65. The fraction of sp³-hybridized carbons (Fsp3) is 0.364. The molecule has 1 fully saturated rings. The molecule has 0 unspecified atom stereocenters. The predicted octanol–water partition coefficient (Wildman–Crippen LogP) is 2.67. The molecule has 0 spiro atoms. The molecule has 0 bridgehead atoms. The van der Waals surface area contributed by atoms with Crippen molar-refractivity contribution in [3.63, 3.8) is 0 Å². The van der Waals surface area contributed by atoms with E-state index in [9.17, 15) is 8.42 Å². The number of para-hydroxylation sites is 1. The van der Waals surface area contributed by atoms with Crippen molar-refractivity contribution in [3.05, 3.63) is 28.2 Å². The molecule has 2 aliphatic rings. The number of sulfone groups is 1. The Bertz CT molecular complexity index is 640. The summed E-state index contributed by atoms with van der Waals surface area (Å²) < 4.78 is 22.9. The van der Waals surface area contributed by atoms with Crippen LogP contribution in [-0.2, 0) is 9.84 Å². The number of anilines is 1. The van der Waals surface area contributed by atoms with E-state index >= 15 is 0 Å². The van der Waals surface area contributed by atoms with Crippen LogP contribution in [0.1, 0.15) is 0 Å². The minimum atomic E-state index is -2.93. The zero-order valence-corrected chi connectivity index (χ0v) is 12.8. The van der Waals surface area contributed by atoms with Gasteiger partial charge >= 0.3 is 0 Å². The number of hydrogen-bond donors (Lipinski definition) is 1. The Morgan fingerprint density at radius 3 is 2.58 bits per heavy atom. The molecular weight excluding hydrogens is 327 g/mol. The van der Waals surface area contributed by atoms with Gasteiger partial charge < -0.3 is 5.32 Å². The first kappa shape index (κ1) is 13.5. The number of amidine groups is 1. The van der Waals surface area contributed by atoms with Gasteiger partial charge in [0.2, 0.25) is 0 Å². The van der Waals surface area contributed by atoms with Crippen molar-refractivity contribution < 1.29 is 8.42 Å². The average Bonchev–Trinajstić information content (AvgIpc) is 2.76. The first-order valence-corrected chi connectivity index (χ1v) is 9.06. The molecule has 0 radical (unpaired) electrons. The van der Waals surface area contributed by atoms with Crippen molar-refractivity contribution in [1.29, 1.82) is 0 Å². The number of hydrogen-bond acceptors (Lipinski definition) is 5. The van der Waals surface area contributed by atoms with Gasteiger partial charge in [-0.05, 0) is 12.1 Å². The maximum absolute atomic E-state index is 11.5. The Morgan fingerprint density at radius 1 is 1.26 bits per heavy atom. The number of rotatable bonds is 1. The van der Waals surface area contributed by atoms with Crippen LogP contribution in [-0.4, -0.2) is 36.4 Å². The Balaban J connectivity index is 1.80. The number of benzene rings is 1. The van der Waals surface area contributed by atoms with Crippen LogP contribution in [0.5, 0.6) is 0 Å². The van der Waals surface area contributed by atoms with Gasteiger partial charge in [0.25, 0.3) is 0 Å². The molecule has 3 rings (SSSR count). The first-order chi connectivity index (χ1) is 8.94. The van der Waals surface area contributed by atoms with Crippen LogP contribution < -0.4 is 5.32 Å². The van der Waals surface area contributed by atoms with Gasteiger partial charge in [0.1, 0.15) is 0 Å². The van der Waals surface area contributed by atoms with Crippen molar-refractivity contribution in [2.75, 3.05) is 16.8 Å². The Kier molecular flexibility index (Phi) is 3.45. The molecule has 0 saturated carbocycles. The summed E-state index contributed by atoms with van der Waals surface area (Å²) in [7, 11) is -2.93. The maximum Gasteiger partial charge on any atom is 0.161 e. The molecule has 1 saturated heterocycles. The molecule has 0 aliphatic carbocycles. The van der Waals surface area contributed by atoms with Crippen molar-refractivity contribution >= 4 is 55.7 Å². The topological polar surface area (TPSA) is 58.5 Å². The highest BCUT2D eigenvalue weighted by molar-refractivity contribution is 8.15. The largest absolute Gasteiger partial charge is 0.333 e. The molecule has 19 heavy (non-hydrogen) atoms. The minimum Gasteiger partial charge on any atom is -0.333 e. The van der Waals surface area contributed by atoms with Crippen LogP contribution in [0, 0.1) is 0 Å². The van der Waals surface area contributed by atoms with Gasteiger partial charge in [-0.2, -0.15) is 0 Å². The molecule has 102 valence electrons. The summed E-state index contributed by atoms with van der Waals surface area (Å²) in [5.74, 6) is 0.319. The number of aliphatic imine (C=N–C) groups is 1. The molecule has 2 heterocycles. The molecule has 1 aromatic rings. The summed E-state index contributed by atoms with van der Waals surface area (Å²) in [6.07, 6.45) is 0. The molecule has 8 heteroatoms. The molecule has 4 nitrogen and oxygen atoms in total. The zero-order chi connectivity index (χ0) is 13.6. The van der Waals surface area contributed by atoms with Crippen LogP contribution in [0.15, 0.2) is 23.2 Å². The predicted molar refractivity (Wildman–Crippen MR) is 81.3 cm³/mol. The van der Waals surface area contributed by atoms with Gasteiger partial charge in [-0.15, -0.1) is 0 Å². The quantitative estimate of drug-likeness (QED) is 0.856. The van der Waals surface area contributed by atoms with Crippen molar-refractivity contribution in [3.8, 4) is 0 Å². The summed E-state index contributed by atoms with van der Waals surface area (Å²) in [4.78, 5) is 4.40. The maximum atomic E-state index is 11.5. The number of nitrogens with zero attached hydrogens (tertiary/aromatic N) is 1. The number of nitrogens with one attached hydrogen (secondary N) is 1. The third kappa shape index (κ3) is 2.72. The van der Waals surface area contributed by atoms with Crippen molar-refractivity contribution in [2.24, 2.45) is 4.99 Å². The fourth-order valence-electron chi connectivity index (χ4n) is 2.14. The molecule has 0 amide bonds. The van der Waals surface area contributed by atoms with E-state index < -0.39 is 9.84 Å². The summed E-state index contributed by atoms with van der Waals surface area (Å²) in [6.45, 7) is 0. The lowest BCUT2D eigenvalue weighted by atomic mass is 10.3. The molecule has 0 aromatic heterocycles. The highest BCUT2D eigenvalue weighted by atomic mass is 35.5. The van der Waals surface area contributed by atoms with E-state index in [1.54, 1.807) is 18.2 Å². The Labute approximate surface area is 125 Å². The summed E-state index contributed by atoms with van der Waals surface area (Å²) >= 11 is 13.6. The average molecular weight is 337 g/mol. The van der Waals surface area contributed by atoms with Gasteiger partial charge in [-0.3, -0.25) is 4.99 Å². The Hall–Kier alpha value is -0.430. The minimum absolute atomic E-state index is 0.00811. The number of fused-ring (bicyclic) bond motifs is 1. The van der Waals surface area contributed by atoms with Gasteiger partial charge in [-0.25, -0.2) is 8.42 Å². The number of halogens is 2. The van der Waals surface area contributed by atoms with E-state index in [1.807, 2.05) is 0 Å². The molecular formula is C11H10Cl2N2O2S2. The Morgan fingerprint density at radius 2 is 1.95 bits per heavy atom. The van der Waals surface area contributed by atoms with Crippen LogP contribution in [0.2, 0.25) is 10.0 Å². The van der Waals surface area contributed by atoms with E-state index in [1.165, 1.54) is 11.8 Å². The van der Waals surface area contributed by atoms with Crippen LogP contribution >= 0.6 is 35.0 Å². The normalized spacial score (nSPS) is 28.0. The van der Waals surface area contributed by atoms with E-state index in [0.717, 1.165) is 0 Å². The monoisotopic (exact) mass is 336 g/mol. The third-order valence-corrected chi connectivity index (χ3v) is 6.78. The van der Waals surface area contributed by atoms with Gasteiger partial charge in [0.05, 0.1) is 33.3 Å². The molecule has 2 aliphatic heterocycles. The van der Waals surface area contributed by atoms with Crippen molar-refractivity contribution in [2.45, 2.75) is 11.3 Å². The first-order valence-electron chi connectivity index (χ1n) is 5.60. The summed E-state index contributed by atoms with van der Waals surface area (Å²) in [5, 5.41) is 4.80. The van der Waals surface area contributed by atoms with E-state index in [0.29, 0.717) is 20.9 Å². The lowest BCUT2D eigenvalue weighted by Gasteiger charge is -2.10. The van der Waals surface area contributed by atoms with Gasteiger partial charge in [-0.1, -0.05) is 41.0 Å². The van der Waals surface area contributed by atoms with E-state index in [-0.39, 0.29) is 22.8 Å². The summed E-state index contributed by atoms with van der Waals surface area (Å²) in [5.41, 5.74) is 0.611. The van der Waals surface area contributed by atoms with Crippen LogP contribution in [0.3, 0.4) is 0 Å². The number of thioether (sulfide) groups is 1. The third-order valence-electron chi connectivity index (χ3n) is 3.01. The van der Waals surface area contributed by atoms with E-state index in [2.05, 4.69) is 10.3 Å². The van der Waals surface area contributed by atoms with E-state index in [4.69, 9.17) is 23.2 Å². The van der Waals surface area contributed by atoms with Crippen LogP contribution in [0.4, 0.5) is 5.69 Å². The van der Waals surface area contributed by atoms with Gasteiger partial charge in [0, 0.05) is 5.25 Å². The second kappa shape index (κ2) is 4.84. The van der Waals surface area contributed by atoms with Crippen molar-refractivity contribution in [1.82, 2.24) is 0 Å². The SMILES string of the molecule is O=S1(=O)C[C@@H]2SC(Nc3c(Cl)cccc3Cl)=N[C@@H]2C1. The zero-order valence-electron chi connectivity index (χ0n) is 9.64. The molecule has 1 N–H and O–H groups in total. The fourth-order valence-corrected chi connectivity index (χ4v) is 6.29. The smallest absolute Gasteiger partial charge is 0.161 e. The van der Waals surface area contributed by atoms with Crippen LogP contribution in [0.25, 0.3) is 0 Å².